The third kappa shape index (κ3) is 14.0. The summed E-state index contributed by atoms with van der Waals surface area (Å²) in [6, 6.07) is 23.1. The first kappa shape index (κ1) is 49.3. The SMILES string of the molecule is CC(c1cccc(NCc2nnc(-c3ccncn3)n2C)c1)c1cccc(OCCCCCCOCCOCCOCCCCCC(=O)Nc2cccc3c2CN(C2CCC(=O)NC2=O)C3=O)c1. The Balaban J connectivity index is 0.661. The van der Waals surface area contributed by atoms with Gasteiger partial charge in [-0.15, -0.1) is 10.2 Å². The smallest absolute Gasteiger partial charge is 0.255 e. The minimum Gasteiger partial charge on any atom is -0.494 e. The van der Waals surface area contributed by atoms with Crippen LogP contribution in [-0.4, -0.2) is 106 Å². The Morgan fingerprint density at radius 3 is 2.26 bits per heavy atom. The average molecular weight is 930 g/mol. The summed E-state index contributed by atoms with van der Waals surface area (Å²) in [5.74, 6) is 1.38. The van der Waals surface area contributed by atoms with Crippen LogP contribution in [0.25, 0.3) is 11.5 Å². The molecular formula is C51H63N9O8. The number of benzene rings is 3. The molecule has 1 saturated heterocycles. The predicted octanol–water partition coefficient (Wildman–Crippen LogP) is 6.99. The first-order valence-corrected chi connectivity index (χ1v) is 23.8. The summed E-state index contributed by atoms with van der Waals surface area (Å²) in [6.45, 7) is 7.01. The first-order chi connectivity index (χ1) is 33.2. The number of unbranched alkanes of at least 4 members (excludes halogenated alkanes) is 5. The van der Waals surface area contributed by atoms with Crippen LogP contribution in [0.4, 0.5) is 11.4 Å². The van der Waals surface area contributed by atoms with E-state index < -0.39 is 11.9 Å². The number of nitrogens with zero attached hydrogens (tertiary/aromatic N) is 6. The van der Waals surface area contributed by atoms with Gasteiger partial charge in [0, 0.05) is 74.3 Å². The molecule has 360 valence electrons. The maximum atomic E-state index is 13.1. The van der Waals surface area contributed by atoms with Crippen molar-refractivity contribution in [3.63, 3.8) is 0 Å². The van der Waals surface area contributed by atoms with Crippen LogP contribution >= 0.6 is 0 Å². The van der Waals surface area contributed by atoms with E-state index >= 15 is 0 Å². The third-order valence-electron chi connectivity index (χ3n) is 12.2. The zero-order valence-corrected chi connectivity index (χ0v) is 39.1. The van der Waals surface area contributed by atoms with Gasteiger partial charge in [0.05, 0.1) is 39.6 Å². The number of imide groups is 1. The predicted molar refractivity (Wildman–Crippen MR) is 256 cm³/mol. The Morgan fingerprint density at radius 1 is 0.809 bits per heavy atom. The van der Waals surface area contributed by atoms with Gasteiger partial charge in [0.2, 0.25) is 17.7 Å². The lowest BCUT2D eigenvalue weighted by molar-refractivity contribution is -0.137. The summed E-state index contributed by atoms with van der Waals surface area (Å²) in [5.41, 5.74) is 5.88. The lowest BCUT2D eigenvalue weighted by atomic mass is 9.93. The number of rotatable bonds is 28. The molecule has 0 aliphatic carbocycles. The van der Waals surface area contributed by atoms with E-state index in [4.69, 9.17) is 18.9 Å². The van der Waals surface area contributed by atoms with Gasteiger partial charge in [0.25, 0.3) is 5.91 Å². The molecule has 68 heavy (non-hydrogen) atoms. The number of hydrogen-bond donors (Lipinski definition) is 3. The van der Waals surface area contributed by atoms with Gasteiger partial charge >= 0.3 is 0 Å². The lowest BCUT2D eigenvalue weighted by Crippen LogP contribution is -2.52. The molecule has 17 nitrogen and oxygen atoms in total. The van der Waals surface area contributed by atoms with E-state index in [1.165, 1.54) is 22.4 Å². The lowest BCUT2D eigenvalue weighted by Gasteiger charge is -2.29. The number of aromatic nitrogens is 5. The fraction of sp³-hybridized carbons (Fsp3) is 0.451. The van der Waals surface area contributed by atoms with E-state index in [0.717, 1.165) is 61.5 Å². The third-order valence-corrected chi connectivity index (χ3v) is 12.2. The van der Waals surface area contributed by atoms with Gasteiger partial charge < -0.3 is 39.0 Å². The van der Waals surface area contributed by atoms with Gasteiger partial charge in [-0.05, 0) is 92.1 Å². The highest BCUT2D eigenvalue weighted by atomic mass is 16.5. The van der Waals surface area contributed by atoms with Crippen molar-refractivity contribution in [1.29, 1.82) is 0 Å². The molecule has 0 saturated carbocycles. The number of carbonyl (C=O) groups is 4. The Kier molecular flexibility index (Phi) is 18.5. The zero-order chi connectivity index (χ0) is 47.5. The van der Waals surface area contributed by atoms with Crippen LogP contribution in [0.15, 0.2) is 85.3 Å². The second-order valence-corrected chi connectivity index (χ2v) is 17.1. The largest absolute Gasteiger partial charge is 0.494 e. The van der Waals surface area contributed by atoms with Gasteiger partial charge in [-0.1, -0.05) is 50.1 Å². The van der Waals surface area contributed by atoms with Gasteiger partial charge in [-0.2, -0.15) is 0 Å². The molecule has 4 amide bonds. The molecule has 2 aliphatic rings. The maximum absolute atomic E-state index is 13.1. The Labute approximate surface area is 397 Å². The monoisotopic (exact) mass is 929 g/mol. The number of anilines is 2. The van der Waals surface area contributed by atoms with Gasteiger partial charge in [-0.25, -0.2) is 9.97 Å². The van der Waals surface area contributed by atoms with Crippen LogP contribution in [0, 0.1) is 0 Å². The quantitative estimate of drug-likeness (QED) is 0.0343. The fourth-order valence-corrected chi connectivity index (χ4v) is 8.30. The highest BCUT2D eigenvalue weighted by Gasteiger charge is 2.40. The Morgan fingerprint density at radius 2 is 1.51 bits per heavy atom. The molecule has 0 radical (unpaired) electrons. The van der Waals surface area contributed by atoms with Gasteiger partial charge in [0.1, 0.15) is 23.8 Å². The molecule has 2 aromatic heterocycles. The Bertz CT molecular complexity index is 2450. The van der Waals surface area contributed by atoms with Crippen LogP contribution in [0.5, 0.6) is 5.75 Å². The number of carbonyl (C=O) groups excluding carboxylic acids is 4. The number of hydrogen-bond acceptors (Lipinski definition) is 13. The molecular weight excluding hydrogens is 867 g/mol. The molecule has 3 aromatic carbocycles. The van der Waals surface area contributed by atoms with Crippen LogP contribution in [0.2, 0.25) is 0 Å². The number of fused-ring (bicyclic) bond motifs is 1. The van der Waals surface area contributed by atoms with Crippen molar-refractivity contribution in [2.45, 2.75) is 96.2 Å². The van der Waals surface area contributed by atoms with Crippen molar-refractivity contribution >= 4 is 35.0 Å². The fourth-order valence-electron chi connectivity index (χ4n) is 8.30. The second kappa shape index (κ2) is 25.5. The molecule has 2 unspecified atom stereocenters. The normalized spacial score (nSPS) is 15.0. The maximum Gasteiger partial charge on any atom is 0.255 e. The van der Waals surface area contributed by atoms with Gasteiger partial charge in [0.15, 0.2) is 11.6 Å². The Hall–Kier alpha value is -6.56. The van der Waals surface area contributed by atoms with E-state index in [9.17, 15) is 19.2 Å². The van der Waals surface area contributed by atoms with Gasteiger partial charge in [-0.3, -0.25) is 24.5 Å². The summed E-state index contributed by atoms with van der Waals surface area (Å²) in [4.78, 5) is 59.5. The second-order valence-electron chi connectivity index (χ2n) is 17.1. The van der Waals surface area contributed by atoms with Crippen molar-refractivity contribution in [2.75, 3.05) is 56.9 Å². The van der Waals surface area contributed by atoms with E-state index in [1.54, 1.807) is 24.4 Å². The van der Waals surface area contributed by atoms with E-state index in [0.29, 0.717) is 88.3 Å². The van der Waals surface area contributed by atoms with Crippen molar-refractivity contribution in [2.24, 2.45) is 7.05 Å². The zero-order valence-electron chi connectivity index (χ0n) is 39.1. The summed E-state index contributed by atoms with van der Waals surface area (Å²) < 4.78 is 25.2. The van der Waals surface area contributed by atoms with Crippen LogP contribution in [0.1, 0.15) is 110 Å². The van der Waals surface area contributed by atoms with E-state index in [-0.39, 0.29) is 43.0 Å². The number of amides is 4. The molecule has 3 N–H and O–H groups in total. The molecule has 0 spiro atoms. The van der Waals surface area contributed by atoms with Crippen LogP contribution in [-0.2, 0) is 48.7 Å². The van der Waals surface area contributed by atoms with Crippen LogP contribution in [0.3, 0.4) is 0 Å². The summed E-state index contributed by atoms with van der Waals surface area (Å²) >= 11 is 0. The van der Waals surface area contributed by atoms with Crippen molar-refractivity contribution in [3.05, 3.63) is 113 Å². The molecule has 2 aliphatic heterocycles. The minimum absolute atomic E-state index is 0.129. The molecule has 17 heteroatoms. The summed E-state index contributed by atoms with van der Waals surface area (Å²) in [5, 5.41) is 17.4. The van der Waals surface area contributed by atoms with Crippen molar-refractivity contribution < 1.29 is 38.1 Å². The molecule has 4 heterocycles. The first-order valence-electron chi connectivity index (χ1n) is 23.8. The molecule has 7 rings (SSSR count). The average Bonchev–Trinajstić information content (AvgIpc) is 3.90. The van der Waals surface area contributed by atoms with Crippen molar-refractivity contribution in [3.8, 4) is 17.3 Å². The summed E-state index contributed by atoms with van der Waals surface area (Å²) in [7, 11) is 1.94. The topological polar surface area (TPSA) is 201 Å². The number of nitrogens with one attached hydrogen (secondary N) is 3. The highest BCUT2D eigenvalue weighted by Crippen LogP contribution is 2.33. The molecule has 2 atom stereocenters. The molecule has 0 bridgehead atoms. The summed E-state index contributed by atoms with van der Waals surface area (Å²) in [6.07, 6.45) is 10.5. The minimum atomic E-state index is -0.700. The highest BCUT2D eigenvalue weighted by molar-refractivity contribution is 6.06. The molecule has 1 fully saturated rings. The van der Waals surface area contributed by atoms with Crippen molar-refractivity contribution in [1.82, 2.24) is 34.9 Å². The van der Waals surface area contributed by atoms with E-state index in [1.807, 2.05) is 23.7 Å². The molecule has 5 aromatic rings. The standard InChI is InChI=1S/C51H63N9O8/c1-36(37-13-10-15-39(31-37)53-33-46-57-58-49(59(46)2)44-22-23-52-35-54-44)38-14-11-16-40(32-38)68-26-9-4-3-7-24-65-27-29-67-30-28-66-25-8-5-6-19-47(61)55-43-18-12-17-41-42(43)34-60(51(41)64)45-20-21-48(62)56-50(45)63/h10-18,22-23,31-32,35-36,45,53H,3-9,19-21,24-30,33-34H2,1-2H3,(H,55,61)(H,56,62,63). The number of ether oxygens (including phenoxy) is 4. The van der Waals surface area contributed by atoms with Crippen LogP contribution < -0.4 is 20.7 Å². The van der Waals surface area contributed by atoms with E-state index in [2.05, 4.69) is 85.5 Å². The number of piperidine rings is 1.